The third-order valence-corrected chi connectivity index (χ3v) is 7.16. The maximum absolute atomic E-state index is 9.45. The molecule has 0 bridgehead atoms. The maximum Gasteiger partial charge on any atom is 0.265 e. The monoisotopic (exact) mass is 464 g/mol. The number of benzene rings is 2. The second kappa shape index (κ2) is 9.93. The number of hydrogen-bond acceptors (Lipinski definition) is 7. The molecule has 0 fully saturated rings. The lowest BCUT2D eigenvalue weighted by atomic mass is 10.3. The highest BCUT2D eigenvalue weighted by atomic mass is 32.3. The van der Waals surface area contributed by atoms with Crippen molar-refractivity contribution in [2.24, 2.45) is 0 Å². The van der Waals surface area contributed by atoms with Gasteiger partial charge in [0.05, 0.1) is 23.4 Å². The van der Waals surface area contributed by atoms with Crippen molar-refractivity contribution in [1.29, 1.82) is 0 Å². The Labute approximate surface area is 185 Å². The first-order valence-corrected chi connectivity index (χ1v) is 12.6. The molecule has 0 unspecified atom stereocenters. The molecule has 0 atom stereocenters. The van der Waals surface area contributed by atoms with Crippen LogP contribution in [0.5, 0.6) is 0 Å². The molecule has 6 nitrogen and oxygen atoms in total. The minimum absolute atomic E-state index is 0.0914. The normalized spacial score (nSPS) is 14.7. The predicted octanol–water partition coefficient (Wildman–Crippen LogP) is 4.62. The average molecular weight is 465 g/mol. The zero-order valence-electron chi connectivity index (χ0n) is 17.1. The summed E-state index contributed by atoms with van der Waals surface area (Å²) in [5.74, 6) is 0. The van der Waals surface area contributed by atoms with E-state index < -0.39 is 10.4 Å². The van der Waals surface area contributed by atoms with Crippen LogP contribution >= 0.6 is 23.1 Å². The molecule has 4 rings (SSSR count). The fourth-order valence-electron chi connectivity index (χ4n) is 3.22. The number of anilines is 1. The molecule has 30 heavy (non-hydrogen) atoms. The number of aromatic nitrogens is 1. The van der Waals surface area contributed by atoms with Gasteiger partial charge in [0, 0.05) is 17.5 Å². The van der Waals surface area contributed by atoms with Crippen molar-refractivity contribution in [3.63, 3.8) is 0 Å². The predicted molar refractivity (Wildman–Crippen MR) is 122 cm³/mol. The zero-order valence-corrected chi connectivity index (χ0v) is 19.5. The lowest BCUT2D eigenvalue weighted by Gasteiger charge is -2.17. The lowest BCUT2D eigenvalue weighted by Crippen LogP contribution is -2.33. The van der Waals surface area contributed by atoms with Crippen molar-refractivity contribution >= 4 is 55.5 Å². The highest BCUT2D eigenvalue weighted by Crippen LogP contribution is 2.46. The Balaban J connectivity index is 0.000000318. The minimum atomic E-state index is -4.42. The van der Waals surface area contributed by atoms with Crippen molar-refractivity contribution in [3.05, 3.63) is 58.6 Å². The van der Waals surface area contributed by atoms with Gasteiger partial charge in [-0.25, -0.2) is 8.42 Å². The van der Waals surface area contributed by atoms with Gasteiger partial charge in [-0.05, 0) is 39.0 Å². The third-order valence-electron chi connectivity index (χ3n) is 4.41. The van der Waals surface area contributed by atoms with Gasteiger partial charge in [0.2, 0.25) is 15.9 Å². The van der Waals surface area contributed by atoms with Gasteiger partial charge < -0.3 is 9.45 Å². The van der Waals surface area contributed by atoms with Crippen LogP contribution in [0.15, 0.2) is 58.5 Å². The van der Waals surface area contributed by atoms with Crippen molar-refractivity contribution in [3.8, 4) is 0 Å². The highest BCUT2D eigenvalue weighted by Gasteiger charge is 2.26. The molecule has 9 heteroatoms. The van der Waals surface area contributed by atoms with Crippen LogP contribution in [0.1, 0.15) is 25.8 Å². The molecule has 0 saturated heterocycles. The van der Waals surface area contributed by atoms with Gasteiger partial charge in [0.1, 0.15) is 11.2 Å². The largest absolute Gasteiger partial charge is 0.726 e. The average Bonchev–Trinajstić information content (AvgIpc) is 3.24. The van der Waals surface area contributed by atoms with E-state index in [1.54, 1.807) is 0 Å². The summed E-state index contributed by atoms with van der Waals surface area (Å²) >= 11 is 3.75. The molecule has 0 radical (unpaired) electrons. The van der Waals surface area contributed by atoms with Gasteiger partial charge in [-0.1, -0.05) is 47.4 Å². The maximum atomic E-state index is 9.45. The molecule has 0 N–H and O–H groups in total. The molecule has 3 aromatic rings. The molecule has 0 saturated carbocycles. The van der Waals surface area contributed by atoms with E-state index in [-0.39, 0.29) is 6.61 Å². The molecule has 0 aliphatic carbocycles. The molecule has 2 aromatic carbocycles. The Bertz CT molecular complexity index is 1160. The smallest absolute Gasteiger partial charge is 0.265 e. The zero-order chi connectivity index (χ0) is 21.7. The fraction of sp³-hybridized carbons (Fsp3) is 0.286. The summed E-state index contributed by atoms with van der Waals surface area (Å²) in [4.78, 5) is 3.76. The summed E-state index contributed by atoms with van der Waals surface area (Å²) in [6, 6.07) is 17.3. The van der Waals surface area contributed by atoms with E-state index in [0.717, 1.165) is 13.1 Å². The Kier molecular flexibility index (Phi) is 7.54. The second-order valence-corrected chi connectivity index (χ2v) is 9.44. The Morgan fingerprint density at radius 2 is 1.80 bits per heavy atom. The Morgan fingerprint density at radius 3 is 2.43 bits per heavy atom. The van der Waals surface area contributed by atoms with Crippen LogP contribution in [-0.4, -0.2) is 26.1 Å². The summed E-state index contributed by atoms with van der Waals surface area (Å²) in [5.41, 5.74) is 2.66. The van der Waals surface area contributed by atoms with Crippen LogP contribution in [-0.2, 0) is 21.1 Å². The molecular formula is C21H24N2O4S3. The number of para-hydroxylation sites is 2. The first kappa shape index (κ1) is 22.8. The molecule has 1 aliphatic rings. The van der Waals surface area contributed by atoms with E-state index in [4.69, 9.17) is 0 Å². The molecule has 0 spiro atoms. The number of fused-ring (bicyclic) bond motifs is 2. The van der Waals surface area contributed by atoms with Gasteiger partial charge in [0.25, 0.3) is 5.01 Å². The number of thioether (sulfide) groups is 1. The SMILES string of the molecule is CCN1C(=Cc2sc3ccccc3[n+]2CC)Sc2ccccc21.CCOS(=O)(=O)[O-]. The van der Waals surface area contributed by atoms with Gasteiger partial charge >= 0.3 is 0 Å². The van der Waals surface area contributed by atoms with Gasteiger partial charge in [-0.15, -0.1) is 0 Å². The molecule has 0 amide bonds. The number of aryl methyl sites for hydroxylation is 1. The summed E-state index contributed by atoms with van der Waals surface area (Å²) in [6.45, 7) is 7.76. The molecule has 160 valence electrons. The molecule has 2 heterocycles. The minimum Gasteiger partial charge on any atom is -0.726 e. The Hall–Kier alpha value is -1.91. The first-order chi connectivity index (χ1) is 14.4. The first-order valence-electron chi connectivity index (χ1n) is 9.65. The van der Waals surface area contributed by atoms with Crippen LogP contribution in [0, 0.1) is 0 Å². The number of thiazole rings is 1. The van der Waals surface area contributed by atoms with E-state index in [1.807, 2.05) is 23.1 Å². The molecular weight excluding hydrogens is 440 g/mol. The van der Waals surface area contributed by atoms with Crippen LogP contribution in [0.2, 0.25) is 0 Å². The van der Waals surface area contributed by atoms with Crippen molar-refractivity contribution in [2.75, 3.05) is 18.1 Å². The molecule has 1 aliphatic heterocycles. The highest BCUT2D eigenvalue weighted by molar-refractivity contribution is 8.03. The van der Waals surface area contributed by atoms with E-state index >= 15 is 0 Å². The van der Waals surface area contributed by atoms with Gasteiger partial charge in [0.15, 0.2) is 0 Å². The summed E-state index contributed by atoms with van der Waals surface area (Å²) < 4.78 is 35.8. The number of rotatable bonds is 5. The van der Waals surface area contributed by atoms with Crippen molar-refractivity contribution in [2.45, 2.75) is 32.2 Å². The van der Waals surface area contributed by atoms with E-state index in [0.29, 0.717) is 0 Å². The van der Waals surface area contributed by atoms with E-state index in [9.17, 15) is 13.0 Å². The van der Waals surface area contributed by atoms with Gasteiger partial charge in [-0.2, -0.15) is 4.57 Å². The van der Waals surface area contributed by atoms with Crippen molar-refractivity contribution in [1.82, 2.24) is 0 Å². The quantitative estimate of drug-likeness (QED) is 0.312. The fourth-order valence-corrected chi connectivity index (χ4v) is 5.91. The van der Waals surface area contributed by atoms with Crippen LogP contribution in [0.4, 0.5) is 5.69 Å². The standard InChI is InChI=1S/C19H19N2S2.C2H6O4S/c1-3-20-14-9-5-7-11-16(14)22-18(20)13-19-21(4-2)15-10-6-8-12-17(15)23-19;1-2-6-7(3,4)5/h5-13H,3-4H2,1-2H3;2H2,1H3,(H,3,4,5)/q+1;/p-1. The summed E-state index contributed by atoms with van der Waals surface area (Å²) in [7, 11) is -4.42. The lowest BCUT2D eigenvalue weighted by molar-refractivity contribution is -0.665. The van der Waals surface area contributed by atoms with Crippen molar-refractivity contribution < 1.29 is 21.7 Å². The summed E-state index contributed by atoms with van der Waals surface area (Å²) in [5, 5.41) is 2.64. The van der Waals surface area contributed by atoms with Gasteiger partial charge in [-0.3, -0.25) is 4.18 Å². The number of nitrogens with zero attached hydrogens (tertiary/aromatic N) is 2. The van der Waals surface area contributed by atoms with E-state index in [2.05, 4.69) is 82.1 Å². The van der Waals surface area contributed by atoms with Crippen LogP contribution < -0.4 is 9.47 Å². The van der Waals surface area contributed by atoms with E-state index in [1.165, 1.54) is 37.8 Å². The summed E-state index contributed by atoms with van der Waals surface area (Å²) in [6.07, 6.45) is 2.35. The Morgan fingerprint density at radius 1 is 1.10 bits per heavy atom. The molecule has 1 aromatic heterocycles. The van der Waals surface area contributed by atoms with Crippen LogP contribution in [0.25, 0.3) is 16.3 Å². The third kappa shape index (κ3) is 5.22. The second-order valence-electron chi connectivity index (χ2n) is 6.26. The van der Waals surface area contributed by atoms with Crippen LogP contribution in [0.3, 0.4) is 0 Å². The number of hydrogen-bond donors (Lipinski definition) is 0. The topological polar surface area (TPSA) is 73.5 Å².